The summed E-state index contributed by atoms with van der Waals surface area (Å²) in [4.78, 5) is 22.6. The molecule has 0 heterocycles. The monoisotopic (exact) mass is 243 g/mol. The largest absolute Gasteiger partial charge is 0.383 e. The number of rotatable bonds is 9. The van der Waals surface area contributed by atoms with Crippen molar-refractivity contribution in [1.82, 2.24) is 10.6 Å². The minimum absolute atomic E-state index is 0.125. The van der Waals surface area contributed by atoms with E-state index in [2.05, 4.69) is 17.2 Å². The zero-order valence-electron chi connectivity index (χ0n) is 10.2. The van der Waals surface area contributed by atoms with Crippen molar-refractivity contribution in [3.63, 3.8) is 0 Å². The molecule has 0 fully saturated rings. The van der Waals surface area contributed by atoms with Crippen molar-refractivity contribution in [2.45, 2.75) is 18.9 Å². The number of amides is 2. The van der Waals surface area contributed by atoms with Crippen molar-refractivity contribution in [2.24, 2.45) is 5.73 Å². The summed E-state index contributed by atoms with van der Waals surface area (Å²) in [5.74, 6) is -0.394. The van der Waals surface area contributed by atoms with Crippen molar-refractivity contribution in [3.8, 4) is 0 Å². The van der Waals surface area contributed by atoms with Crippen LogP contribution in [0, 0.1) is 0 Å². The normalized spacial score (nSPS) is 11.6. The van der Waals surface area contributed by atoms with Gasteiger partial charge in [0.25, 0.3) is 0 Å². The molecule has 98 valence electrons. The number of methoxy groups -OCH3 is 1. The Morgan fingerprint density at radius 1 is 1.41 bits per heavy atom. The molecule has 1 unspecified atom stereocenters. The van der Waals surface area contributed by atoms with Gasteiger partial charge in [-0.05, 0) is 6.42 Å². The summed E-state index contributed by atoms with van der Waals surface area (Å²) >= 11 is 0. The molecule has 0 aromatic heterocycles. The van der Waals surface area contributed by atoms with Crippen LogP contribution in [0.5, 0.6) is 0 Å². The quantitative estimate of drug-likeness (QED) is 0.363. The van der Waals surface area contributed by atoms with Crippen LogP contribution in [0.2, 0.25) is 0 Å². The van der Waals surface area contributed by atoms with Gasteiger partial charge in [0.05, 0.1) is 12.6 Å². The first-order valence-corrected chi connectivity index (χ1v) is 5.51. The Labute approximate surface area is 102 Å². The maximum atomic E-state index is 11.3. The van der Waals surface area contributed by atoms with E-state index < -0.39 is 6.04 Å². The Morgan fingerprint density at radius 2 is 2.12 bits per heavy atom. The molecule has 0 aliphatic rings. The number of nitrogens with one attached hydrogen (secondary N) is 2. The number of nitrogens with two attached hydrogens (primary N) is 1. The lowest BCUT2D eigenvalue weighted by Crippen LogP contribution is -2.41. The summed E-state index contributed by atoms with van der Waals surface area (Å²) in [7, 11) is 1.56. The third kappa shape index (κ3) is 8.41. The lowest BCUT2D eigenvalue weighted by Gasteiger charge is -2.10. The molecule has 6 nitrogen and oxygen atoms in total. The SMILES string of the molecule is C=CCC(N)C(=O)NCCC(=O)NCCOC. The van der Waals surface area contributed by atoms with Gasteiger partial charge in [0.15, 0.2) is 0 Å². The fraction of sp³-hybridized carbons (Fsp3) is 0.636. The minimum Gasteiger partial charge on any atom is -0.383 e. The van der Waals surface area contributed by atoms with Crippen LogP contribution in [0.1, 0.15) is 12.8 Å². The van der Waals surface area contributed by atoms with Gasteiger partial charge in [0.2, 0.25) is 11.8 Å². The molecule has 2 amide bonds. The second-order valence-corrected chi connectivity index (χ2v) is 3.51. The van der Waals surface area contributed by atoms with Crippen molar-refractivity contribution >= 4 is 11.8 Å². The van der Waals surface area contributed by atoms with E-state index >= 15 is 0 Å². The summed E-state index contributed by atoms with van der Waals surface area (Å²) in [5.41, 5.74) is 5.54. The Bertz CT molecular complexity index is 256. The van der Waals surface area contributed by atoms with Crippen LogP contribution in [0.3, 0.4) is 0 Å². The zero-order valence-corrected chi connectivity index (χ0v) is 10.2. The van der Waals surface area contributed by atoms with Crippen LogP contribution in [0.4, 0.5) is 0 Å². The summed E-state index contributed by atoms with van der Waals surface area (Å²) < 4.78 is 4.78. The van der Waals surface area contributed by atoms with Gasteiger partial charge in [-0.3, -0.25) is 9.59 Å². The second kappa shape index (κ2) is 9.80. The van der Waals surface area contributed by atoms with Crippen LogP contribution in [0.15, 0.2) is 12.7 Å². The smallest absolute Gasteiger partial charge is 0.237 e. The minimum atomic E-state index is -0.593. The molecule has 0 aromatic rings. The van der Waals surface area contributed by atoms with Gasteiger partial charge in [-0.25, -0.2) is 0 Å². The molecule has 0 spiro atoms. The highest BCUT2D eigenvalue weighted by molar-refractivity contribution is 5.82. The van der Waals surface area contributed by atoms with E-state index in [0.29, 0.717) is 19.6 Å². The molecule has 1 atom stereocenters. The fourth-order valence-corrected chi connectivity index (χ4v) is 1.10. The maximum absolute atomic E-state index is 11.3. The van der Waals surface area contributed by atoms with Gasteiger partial charge < -0.3 is 21.1 Å². The van der Waals surface area contributed by atoms with E-state index in [-0.39, 0.29) is 24.8 Å². The molecule has 0 aromatic carbocycles. The standard InChI is InChI=1S/C11H21N3O3/c1-3-4-9(12)11(16)14-6-5-10(15)13-7-8-17-2/h3,9H,1,4-8,12H2,2H3,(H,13,15)(H,14,16). The van der Waals surface area contributed by atoms with E-state index in [4.69, 9.17) is 10.5 Å². The zero-order chi connectivity index (χ0) is 13.1. The molecular formula is C11H21N3O3. The van der Waals surface area contributed by atoms with Gasteiger partial charge in [-0.2, -0.15) is 0 Å². The number of hydrogen-bond acceptors (Lipinski definition) is 4. The first-order chi connectivity index (χ1) is 8.11. The van der Waals surface area contributed by atoms with Crippen LogP contribution in [0.25, 0.3) is 0 Å². The van der Waals surface area contributed by atoms with Gasteiger partial charge in [-0.15, -0.1) is 6.58 Å². The molecule has 6 heteroatoms. The molecule has 17 heavy (non-hydrogen) atoms. The summed E-state index contributed by atoms with van der Waals surface area (Å²) in [6.07, 6.45) is 2.24. The predicted molar refractivity (Wildman–Crippen MR) is 65.3 cm³/mol. The van der Waals surface area contributed by atoms with Gasteiger partial charge >= 0.3 is 0 Å². The van der Waals surface area contributed by atoms with Crippen molar-refractivity contribution < 1.29 is 14.3 Å². The first kappa shape index (κ1) is 15.6. The first-order valence-electron chi connectivity index (χ1n) is 5.51. The van der Waals surface area contributed by atoms with Crippen molar-refractivity contribution in [1.29, 1.82) is 0 Å². The van der Waals surface area contributed by atoms with Crippen molar-refractivity contribution in [2.75, 3.05) is 26.8 Å². The summed E-state index contributed by atoms with van der Waals surface area (Å²) in [6, 6.07) is -0.593. The average molecular weight is 243 g/mol. The van der Waals surface area contributed by atoms with Crippen LogP contribution < -0.4 is 16.4 Å². The maximum Gasteiger partial charge on any atom is 0.237 e. The van der Waals surface area contributed by atoms with Gasteiger partial charge in [-0.1, -0.05) is 6.08 Å². The molecule has 0 rings (SSSR count). The Kier molecular flexibility index (Phi) is 8.99. The Balaban J connectivity index is 3.58. The van der Waals surface area contributed by atoms with E-state index in [1.165, 1.54) is 0 Å². The highest BCUT2D eigenvalue weighted by Crippen LogP contribution is 1.88. The highest BCUT2D eigenvalue weighted by atomic mass is 16.5. The number of carbonyl (C=O) groups excluding carboxylic acids is 2. The lowest BCUT2D eigenvalue weighted by molar-refractivity contribution is -0.123. The Morgan fingerprint density at radius 3 is 2.71 bits per heavy atom. The van der Waals surface area contributed by atoms with E-state index in [1.54, 1.807) is 13.2 Å². The Hall–Kier alpha value is -1.40. The van der Waals surface area contributed by atoms with Gasteiger partial charge in [0, 0.05) is 26.6 Å². The molecule has 4 N–H and O–H groups in total. The van der Waals surface area contributed by atoms with Crippen LogP contribution in [-0.4, -0.2) is 44.7 Å². The lowest BCUT2D eigenvalue weighted by atomic mass is 10.2. The topological polar surface area (TPSA) is 93.5 Å². The molecule has 0 radical (unpaired) electrons. The summed E-state index contributed by atoms with van der Waals surface area (Å²) in [6.45, 7) is 4.72. The number of ether oxygens (including phenoxy) is 1. The number of carbonyl (C=O) groups is 2. The highest BCUT2D eigenvalue weighted by Gasteiger charge is 2.11. The average Bonchev–Trinajstić information content (AvgIpc) is 2.29. The third-order valence-corrected chi connectivity index (χ3v) is 2.04. The summed E-state index contributed by atoms with van der Waals surface area (Å²) in [5, 5.41) is 5.23. The molecule has 0 bridgehead atoms. The van der Waals surface area contributed by atoms with Gasteiger partial charge in [0.1, 0.15) is 0 Å². The molecule has 0 aliphatic carbocycles. The van der Waals surface area contributed by atoms with Crippen molar-refractivity contribution in [3.05, 3.63) is 12.7 Å². The molecular weight excluding hydrogens is 222 g/mol. The molecule has 0 saturated carbocycles. The predicted octanol–water partition coefficient (Wildman–Crippen LogP) is -0.841. The fourth-order valence-electron chi connectivity index (χ4n) is 1.10. The van der Waals surface area contributed by atoms with E-state index in [9.17, 15) is 9.59 Å². The number of hydrogen-bond donors (Lipinski definition) is 3. The van der Waals surface area contributed by atoms with E-state index in [1.807, 2.05) is 0 Å². The molecule has 0 saturated heterocycles. The molecule has 0 aliphatic heterocycles. The third-order valence-electron chi connectivity index (χ3n) is 2.04. The van der Waals surface area contributed by atoms with E-state index in [0.717, 1.165) is 0 Å². The second-order valence-electron chi connectivity index (χ2n) is 3.51. The van der Waals surface area contributed by atoms with Crippen LogP contribution >= 0.6 is 0 Å². The van der Waals surface area contributed by atoms with Crippen LogP contribution in [-0.2, 0) is 14.3 Å².